The minimum absolute atomic E-state index is 0.784. The van der Waals surface area contributed by atoms with Gasteiger partial charge in [0, 0.05) is 34.0 Å². The number of benzene rings is 2. The molecule has 2 aromatic carbocycles. The van der Waals surface area contributed by atoms with Gasteiger partial charge in [0.1, 0.15) is 0 Å². The molecule has 0 spiro atoms. The smallest absolute Gasteiger partial charge is 0.0900 e. The van der Waals surface area contributed by atoms with Gasteiger partial charge in [-0.05, 0) is 30.3 Å². The topological polar surface area (TPSA) is 22.8 Å². The Balaban J connectivity index is 1.83. The molecule has 0 amide bonds. The van der Waals surface area contributed by atoms with Crippen LogP contribution in [0.2, 0.25) is 0 Å². The molecule has 0 saturated carbocycles. The zero-order valence-corrected chi connectivity index (χ0v) is 13.2. The molecule has 0 aliphatic heterocycles. The van der Waals surface area contributed by atoms with Crippen LogP contribution >= 0.6 is 15.9 Å². The Bertz CT molecular complexity index is 949. The third-order valence-electron chi connectivity index (χ3n) is 3.89. The molecular weight excluding hydrogens is 326 g/mol. The molecule has 104 valence electrons. The lowest BCUT2D eigenvalue weighted by Gasteiger charge is -2.03. The minimum atomic E-state index is 0.784. The normalized spacial score (nSPS) is 11.5. The van der Waals surface area contributed by atoms with Crippen molar-refractivity contribution in [1.29, 1.82) is 0 Å². The fraction of sp³-hybridized carbons (Fsp3) is 0.118. The van der Waals surface area contributed by atoms with Gasteiger partial charge < -0.3 is 4.57 Å². The fourth-order valence-corrected chi connectivity index (χ4v) is 3.25. The first-order valence-electron chi connectivity index (χ1n) is 6.87. The fourth-order valence-electron chi connectivity index (χ4n) is 2.88. The summed E-state index contributed by atoms with van der Waals surface area (Å²) in [5.74, 6) is 0. The van der Waals surface area contributed by atoms with Crippen molar-refractivity contribution in [2.24, 2.45) is 7.05 Å². The van der Waals surface area contributed by atoms with E-state index in [1.807, 2.05) is 11.7 Å². The van der Waals surface area contributed by atoms with E-state index in [0.29, 0.717) is 0 Å². The van der Waals surface area contributed by atoms with E-state index in [0.717, 1.165) is 16.7 Å². The number of hydrogen-bond donors (Lipinski definition) is 0. The van der Waals surface area contributed by atoms with Crippen LogP contribution < -0.4 is 0 Å². The predicted octanol–water partition coefficient (Wildman–Crippen LogP) is 4.34. The molecule has 0 saturated heterocycles. The number of hydrogen-bond acceptors (Lipinski definition) is 1. The second kappa shape index (κ2) is 4.74. The first-order chi connectivity index (χ1) is 10.2. The molecule has 0 bridgehead atoms. The summed E-state index contributed by atoms with van der Waals surface area (Å²) in [6, 6.07) is 16.9. The Morgan fingerprint density at radius 2 is 1.90 bits per heavy atom. The van der Waals surface area contributed by atoms with Crippen molar-refractivity contribution in [2.45, 2.75) is 6.54 Å². The molecule has 21 heavy (non-hydrogen) atoms. The van der Waals surface area contributed by atoms with Crippen LogP contribution in [-0.4, -0.2) is 14.3 Å². The zero-order chi connectivity index (χ0) is 14.4. The molecule has 0 fully saturated rings. The Labute approximate surface area is 130 Å². The summed E-state index contributed by atoms with van der Waals surface area (Å²) in [7, 11) is 2.00. The highest BCUT2D eigenvalue weighted by Gasteiger charge is 2.09. The molecule has 4 heteroatoms. The van der Waals surface area contributed by atoms with Crippen molar-refractivity contribution in [2.75, 3.05) is 0 Å². The number of rotatable bonds is 2. The summed E-state index contributed by atoms with van der Waals surface area (Å²) in [5, 5.41) is 7.14. The summed E-state index contributed by atoms with van der Waals surface area (Å²) in [6.45, 7) is 0.784. The van der Waals surface area contributed by atoms with E-state index in [9.17, 15) is 0 Å². The number of fused-ring (bicyclic) bond motifs is 2. The quantitative estimate of drug-likeness (QED) is 0.532. The SMILES string of the molecule is Cn1nc(Cn2ccc3cc(Br)ccc32)c2ccccc21. The van der Waals surface area contributed by atoms with Crippen LogP contribution in [0.25, 0.3) is 21.8 Å². The lowest BCUT2D eigenvalue weighted by atomic mass is 10.2. The van der Waals surface area contributed by atoms with E-state index >= 15 is 0 Å². The number of halogens is 1. The second-order valence-corrected chi connectivity index (χ2v) is 6.15. The Hall–Kier alpha value is -2.07. The molecule has 0 N–H and O–H groups in total. The third-order valence-corrected chi connectivity index (χ3v) is 4.38. The molecule has 0 aliphatic rings. The summed E-state index contributed by atoms with van der Waals surface area (Å²) in [5.41, 5.74) is 3.51. The average molecular weight is 340 g/mol. The Morgan fingerprint density at radius 1 is 1.05 bits per heavy atom. The highest BCUT2D eigenvalue weighted by atomic mass is 79.9. The van der Waals surface area contributed by atoms with Gasteiger partial charge in [0.25, 0.3) is 0 Å². The molecule has 0 unspecified atom stereocenters. The number of aryl methyl sites for hydroxylation is 1. The van der Waals surface area contributed by atoms with Gasteiger partial charge in [-0.15, -0.1) is 0 Å². The van der Waals surface area contributed by atoms with Crippen LogP contribution in [0.4, 0.5) is 0 Å². The van der Waals surface area contributed by atoms with Gasteiger partial charge in [-0.3, -0.25) is 4.68 Å². The van der Waals surface area contributed by atoms with Crippen molar-refractivity contribution < 1.29 is 0 Å². The van der Waals surface area contributed by atoms with Crippen molar-refractivity contribution in [3.05, 3.63) is 64.9 Å². The Kier molecular flexibility index (Phi) is 2.86. The molecule has 0 aliphatic carbocycles. The lowest BCUT2D eigenvalue weighted by Crippen LogP contribution is -2.00. The highest BCUT2D eigenvalue weighted by Crippen LogP contribution is 2.23. The van der Waals surface area contributed by atoms with E-state index in [-0.39, 0.29) is 0 Å². The predicted molar refractivity (Wildman–Crippen MR) is 89.5 cm³/mol. The molecule has 0 radical (unpaired) electrons. The van der Waals surface area contributed by atoms with Crippen LogP contribution in [0.1, 0.15) is 5.69 Å². The van der Waals surface area contributed by atoms with E-state index in [1.165, 1.54) is 21.8 Å². The van der Waals surface area contributed by atoms with E-state index < -0.39 is 0 Å². The van der Waals surface area contributed by atoms with Crippen LogP contribution in [0.5, 0.6) is 0 Å². The van der Waals surface area contributed by atoms with Gasteiger partial charge in [0.2, 0.25) is 0 Å². The lowest BCUT2D eigenvalue weighted by molar-refractivity contribution is 0.732. The Morgan fingerprint density at radius 3 is 2.81 bits per heavy atom. The van der Waals surface area contributed by atoms with Crippen molar-refractivity contribution >= 4 is 37.7 Å². The van der Waals surface area contributed by atoms with Crippen molar-refractivity contribution in [1.82, 2.24) is 14.3 Å². The largest absolute Gasteiger partial charge is 0.341 e. The number of para-hydroxylation sites is 1. The average Bonchev–Trinajstić information content (AvgIpc) is 3.02. The van der Waals surface area contributed by atoms with Crippen LogP contribution in [0.3, 0.4) is 0 Å². The maximum absolute atomic E-state index is 4.68. The van der Waals surface area contributed by atoms with Gasteiger partial charge in [0.15, 0.2) is 0 Å². The molecule has 3 nitrogen and oxygen atoms in total. The molecule has 2 heterocycles. The zero-order valence-electron chi connectivity index (χ0n) is 11.6. The number of nitrogens with zero attached hydrogens (tertiary/aromatic N) is 3. The monoisotopic (exact) mass is 339 g/mol. The summed E-state index contributed by atoms with van der Waals surface area (Å²) in [6.07, 6.45) is 2.13. The van der Waals surface area contributed by atoms with Gasteiger partial charge in [0.05, 0.1) is 17.8 Å². The minimum Gasteiger partial charge on any atom is -0.341 e. The molecule has 4 aromatic rings. The highest BCUT2D eigenvalue weighted by molar-refractivity contribution is 9.10. The van der Waals surface area contributed by atoms with Gasteiger partial charge >= 0.3 is 0 Å². The van der Waals surface area contributed by atoms with E-state index in [4.69, 9.17) is 0 Å². The summed E-state index contributed by atoms with van der Waals surface area (Å²) < 4.78 is 5.31. The van der Waals surface area contributed by atoms with Crippen LogP contribution in [-0.2, 0) is 13.6 Å². The molecule has 2 aromatic heterocycles. The second-order valence-electron chi connectivity index (χ2n) is 5.23. The third kappa shape index (κ3) is 2.07. The van der Waals surface area contributed by atoms with Gasteiger partial charge in [-0.2, -0.15) is 5.10 Å². The summed E-state index contributed by atoms with van der Waals surface area (Å²) >= 11 is 3.52. The van der Waals surface area contributed by atoms with Crippen molar-refractivity contribution in [3.8, 4) is 0 Å². The number of aromatic nitrogens is 3. The van der Waals surface area contributed by atoms with E-state index in [1.54, 1.807) is 0 Å². The van der Waals surface area contributed by atoms with Crippen molar-refractivity contribution in [3.63, 3.8) is 0 Å². The van der Waals surface area contributed by atoms with Gasteiger partial charge in [-0.25, -0.2) is 0 Å². The first kappa shape index (κ1) is 12.7. The van der Waals surface area contributed by atoms with Crippen LogP contribution in [0.15, 0.2) is 59.2 Å². The van der Waals surface area contributed by atoms with Crippen LogP contribution in [0, 0.1) is 0 Å². The maximum Gasteiger partial charge on any atom is 0.0900 e. The van der Waals surface area contributed by atoms with E-state index in [2.05, 4.69) is 80.3 Å². The standard InChI is InChI=1S/C17H14BrN3/c1-20-17-5-3-2-4-14(17)15(19-20)11-21-9-8-12-10-13(18)6-7-16(12)21/h2-10H,11H2,1H3. The maximum atomic E-state index is 4.68. The first-order valence-corrected chi connectivity index (χ1v) is 7.67. The molecular formula is C17H14BrN3. The van der Waals surface area contributed by atoms with Gasteiger partial charge in [-0.1, -0.05) is 34.1 Å². The summed E-state index contributed by atoms with van der Waals surface area (Å²) in [4.78, 5) is 0. The molecule has 4 rings (SSSR count). The molecule has 0 atom stereocenters.